The first-order valence-electron chi connectivity index (χ1n) is 5.64. The van der Waals surface area contributed by atoms with Crippen LogP contribution in [0.4, 0.5) is 0 Å². The molecule has 0 radical (unpaired) electrons. The topological polar surface area (TPSA) is 55.8 Å². The number of phenols is 1. The lowest BCUT2D eigenvalue weighted by Crippen LogP contribution is -2.04. The summed E-state index contributed by atoms with van der Waals surface area (Å²) in [4.78, 5) is 11.6. The van der Waals surface area contributed by atoms with Crippen molar-refractivity contribution in [1.29, 1.82) is 0 Å². The van der Waals surface area contributed by atoms with Gasteiger partial charge in [-0.25, -0.2) is 4.79 Å². The maximum atomic E-state index is 11.6. The van der Waals surface area contributed by atoms with Crippen LogP contribution < -0.4 is 4.74 Å². The van der Waals surface area contributed by atoms with E-state index in [-0.39, 0.29) is 5.75 Å². The lowest BCUT2D eigenvalue weighted by Gasteiger charge is -2.09. The molecule has 0 bridgehead atoms. The van der Waals surface area contributed by atoms with E-state index in [4.69, 9.17) is 9.47 Å². The highest BCUT2D eigenvalue weighted by molar-refractivity contribution is 6.00. The number of benzene rings is 2. The minimum absolute atomic E-state index is 0.00741. The largest absolute Gasteiger partial charge is 0.507 e. The number of rotatable bonds is 3. The van der Waals surface area contributed by atoms with E-state index in [1.807, 2.05) is 0 Å². The molecule has 0 heterocycles. The first-order chi connectivity index (χ1) is 8.67. The molecule has 0 spiro atoms. The molecule has 0 aliphatic rings. The molecule has 0 fully saturated rings. The van der Waals surface area contributed by atoms with Crippen molar-refractivity contribution in [3.63, 3.8) is 0 Å². The predicted octanol–water partition coefficient (Wildman–Crippen LogP) is 2.73. The van der Waals surface area contributed by atoms with E-state index in [0.717, 1.165) is 5.39 Å². The molecular weight excluding hydrogens is 232 g/mol. The molecular formula is C14H14O4. The molecule has 2 aromatic rings. The van der Waals surface area contributed by atoms with Crippen LogP contribution in [-0.2, 0) is 4.74 Å². The van der Waals surface area contributed by atoms with Crippen LogP contribution in [0.2, 0.25) is 0 Å². The Balaban J connectivity index is 2.60. The van der Waals surface area contributed by atoms with Crippen molar-refractivity contribution in [2.24, 2.45) is 0 Å². The van der Waals surface area contributed by atoms with E-state index in [0.29, 0.717) is 23.3 Å². The summed E-state index contributed by atoms with van der Waals surface area (Å²) in [5.74, 6) is 0.130. The van der Waals surface area contributed by atoms with Gasteiger partial charge in [0.05, 0.1) is 24.7 Å². The maximum absolute atomic E-state index is 11.6. The lowest BCUT2D eigenvalue weighted by atomic mass is 10.0. The summed E-state index contributed by atoms with van der Waals surface area (Å²) in [6.45, 7) is 2.04. The van der Waals surface area contributed by atoms with E-state index in [2.05, 4.69) is 0 Å². The Labute approximate surface area is 105 Å². The van der Waals surface area contributed by atoms with Gasteiger partial charge in [0, 0.05) is 0 Å². The minimum atomic E-state index is -0.447. The second-order valence-corrected chi connectivity index (χ2v) is 3.77. The first-order valence-corrected chi connectivity index (χ1v) is 5.64. The van der Waals surface area contributed by atoms with Gasteiger partial charge in [-0.2, -0.15) is 0 Å². The van der Waals surface area contributed by atoms with Crippen molar-refractivity contribution >= 4 is 16.7 Å². The zero-order valence-electron chi connectivity index (χ0n) is 10.3. The zero-order chi connectivity index (χ0) is 13.1. The molecule has 18 heavy (non-hydrogen) atoms. The van der Waals surface area contributed by atoms with Gasteiger partial charge >= 0.3 is 5.97 Å². The Hall–Kier alpha value is -2.23. The molecule has 0 unspecified atom stereocenters. The SMILES string of the molecule is CCOC(=O)c1cc(O)c2c(OC)cccc2c1. The van der Waals surface area contributed by atoms with Gasteiger partial charge in [-0.05, 0) is 30.5 Å². The van der Waals surface area contributed by atoms with Crippen molar-refractivity contribution in [2.75, 3.05) is 13.7 Å². The summed E-state index contributed by atoms with van der Waals surface area (Å²) < 4.78 is 10.1. The molecule has 0 saturated carbocycles. The summed E-state index contributed by atoms with van der Waals surface area (Å²) in [6.07, 6.45) is 0. The van der Waals surface area contributed by atoms with Crippen LogP contribution >= 0.6 is 0 Å². The van der Waals surface area contributed by atoms with Crippen LogP contribution in [-0.4, -0.2) is 24.8 Å². The fourth-order valence-electron chi connectivity index (χ4n) is 1.87. The van der Waals surface area contributed by atoms with Crippen LogP contribution in [0.1, 0.15) is 17.3 Å². The highest BCUT2D eigenvalue weighted by atomic mass is 16.5. The molecule has 4 heteroatoms. The molecule has 0 aliphatic heterocycles. The predicted molar refractivity (Wildman–Crippen MR) is 68.1 cm³/mol. The second kappa shape index (κ2) is 4.96. The molecule has 4 nitrogen and oxygen atoms in total. The molecule has 0 amide bonds. The quantitative estimate of drug-likeness (QED) is 0.846. The van der Waals surface area contributed by atoms with Crippen LogP contribution in [0.3, 0.4) is 0 Å². The highest BCUT2D eigenvalue weighted by Crippen LogP contribution is 2.34. The first kappa shape index (κ1) is 12.2. The Kier molecular flexibility index (Phi) is 3.37. The Morgan fingerprint density at radius 3 is 2.78 bits per heavy atom. The number of esters is 1. The molecule has 0 aliphatic carbocycles. The highest BCUT2D eigenvalue weighted by Gasteiger charge is 2.13. The summed E-state index contributed by atoms with van der Waals surface area (Å²) in [5.41, 5.74) is 0.329. The fraction of sp³-hybridized carbons (Fsp3) is 0.214. The van der Waals surface area contributed by atoms with Crippen molar-refractivity contribution in [3.8, 4) is 11.5 Å². The molecule has 94 valence electrons. The summed E-state index contributed by atoms with van der Waals surface area (Å²) in [5, 5.41) is 11.3. The number of carbonyl (C=O) groups is 1. The van der Waals surface area contributed by atoms with Gasteiger partial charge in [-0.15, -0.1) is 0 Å². The Morgan fingerprint density at radius 1 is 1.33 bits per heavy atom. The molecule has 2 aromatic carbocycles. The summed E-state index contributed by atoms with van der Waals surface area (Å²) in [7, 11) is 1.54. The van der Waals surface area contributed by atoms with Crippen molar-refractivity contribution in [3.05, 3.63) is 35.9 Å². The van der Waals surface area contributed by atoms with Gasteiger partial charge in [-0.3, -0.25) is 0 Å². The van der Waals surface area contributed by atoms with Gasteiger partial charge in [0.2, 0.25) is 0 Å². The van der Waals surface area contributed by atoms with Crippen LogP contribution in [0.5, 0.6) is 11.5 Å². The number of methoxy groups -OCH3 is 1. The molecule has 0 aromatic heterocycles. The van der Waals surface area contributed by atoms with Crippen LogP contribution in [0.15, 0.2) is 30.3 Å². The number of ether oxygens (including phenoxy) is 2. The minimum Gasteiger partial charge on any atom is -0.507 e. The van der Waals surface area contributed by atoms with E-state index < -0.39 is 5.97 Å². The van der Waals surface area contributed by atoms with Crippen LogP contribution in [0, 0.1) is 0 Å². The van der Waals surface area contributed by atoms with Crippen molar-refractivity contribution in [1.82, 2.24) is 0 Å². The average molecular weight is 246 g/mol. The van der Waals surface area contributed by atoms with E-state index >= 15 is 0 Å². The third-order valence-electron chi connectivity index (χ3n) is 2.65. The summed E-state index contributed by atoms with van der Waals surface area (Å²) in [6, 6.07) is 8.43. The number of aromatic hydroxyl groups is 1. The molecule has 1 N–H and O–H groups in total. The average Bonchev–Trinajstić information content (AvgIpc) is 2.38. The normalized spacial score (nSPS) is 10.3. The number of carbonyl (C=O) groups excluding carboxylic acids is 1. The second-order valence-electron chi connectivity index (χ2n) is 3.77. The van der Waals surface area contributed by atoms with E-state index in [9.17, 15) is 9.90 Å². The third-order valence-corrected chi connectivity index (χ3v) is 2.65. The van der Waals surface area contributed by atoms with Gasteiger partial charge in [0.25, 0.3) is 0 Å². The van der Waals surface area contributed by atoms with Gasteiger partial charge < -0.3 is 14.6 Å². The van der Waals surface area contributed by atoms with Crippen LogP contribution in [0.25, 0.3) is 10.8 Å². The monoisotopic (exact) mass is 246 g/mol. The van der Waals surface area contributed by atoms with E-state index in [1.165, 1.54) is 13.2 Å². The molecule has 0 saturated heterocycles. The Bertz CT molecular complexity index is 590. The van der Waals surface area contributed by atoms with Gasteiger partial charge in [0.1, 0.15) is 11.5 Å². The van der Waals surface area contributed by atoms with E-state index in [1.54, 1.807) is 31.2 Å². The fourth-order valence-corrected chi connectivity index (χ4v) is 1.87. The molecule has 0 atom stereocenters. The number of hydrogen-bond acceptors (Lipinski definition) is 4. The lowest BCUT2D eigenvalue weighted by molar-refractivity contribution is 0.0526. The Morgan fingerprint density at radius 2 is 2.11 bits per heavy atom. The number of phenolic OH excluding ortho intramolecular Hbond substituents is 1. The number of hydrogen-bond donors (Lipinski definition) is 1. The maximum Gasteiger partial charge on any atom is 0.338 e. The van der Waals surface area contributed by atoms with Crippen molar-refractivity contribution < 1.29 is 19.4 Å². The van der Waals surface area contributed by atoms with Crippen molar-refractivity contribution in [2.45, 2.75) is 6.92 Å². The summed E-state index contributed by atoms with van der Waals surface area (Å²) >= 11 is 0. The van der Waals surface area contributed by atoms with Gasteiger partial charge in [0.15, 0.2) is 0 Å². The molecule has 2 rings (SSSR count). The smallest absolute Gasteiger partial charge is 0.338 e. The number of fused-ring (bicyclic) bond motifs is 1. The standard InChI is InChI=1S/C14H14O4/c1-3-18-14(16)10-7-9-5-4-6-12(17-2)13(9)11(15)8-10/h4-8,15H,3H2,1-2H3. The third kappa shape index (κ3) is 2.09. The zero-order valence-corrected chi connectivity index (χ0v) is 10.3. The van der Waals surface area contributed by atoms with Gasteiger partial charge in [-0.1, -0.05) is 12.1 Å².